The van der Waals surface area contributed by atoms with Gasteiger partial charge in [0.25, 0.3) is 5.91 Å². The lowest BCUT2D eigenvalue weighted by atomic mass is 10.1. The van der Waals surface area contributed by atoms with Gasteiger partial charge in [-0.2, -0.15) is 0 Å². The Kier molecular flexibility index (Phi) is 3.89. The van der Waals surface area contributed by atoms with Gasteiger partial charge < -0.3 is 4.90 Å². The number of nitrogens with two attached hydrogens (primary N) is 1. The van der Waals surface area contributed by atoms with Crippen molar-refractivity contribution >= 4 is 33.4 Å². The molecule has 1 heterocycles. The molecule has 3 aliphatic rings. The SMILES string of the molecule is NS(=O)(=O)c1ccc(N2C(=O)CC(N(C(=O)C3CC3)C3CC3)C2=O)cc1. The van der Waals surface area contributed by atoms with Crippen LogP contribution in [0.1, 0.15) is 32.1 Å². The highest BCUT2D eigenvalue weighted by Crippen LogP contribution is 2.39. The Morgan fingerprint density at radius 2 is 1.69 bits per heavy atom. The zero-order chi connectivity index (χ0) is 18.6. The van der Waals surface area contributed by atoms with E-state index in [1.54, 1.807) is 4.90 Å². The Balaban J connectivity index is 1.59. The van der Waals surface area contributed by atoms with E-state index in [9.17, 15) is 22.8 Å². The molecule has 138 valence electrons. The Labute approximate surface area is 151 Å². The fraction of sp³-hybridized carbons (Fsp3) is 0.471. The smallest absolute Gasteiger partial charge is 0.257 e. The molecule has 26 heavy (non-hydrogen) atoms. The van der Waals surface area contributed by atoms with Crippen LogP contribution in [0.25, 0.3) is 0 Å². The molecule has 3 fully saturated rings. The van der Waals surface area contributed by atoms with Gasteiger partial charge in [0, 0.05) is 12.0 Å². The first-order valence-corrected chi connectivity index (χ1v) is 10.1. The average molecular weight is 377 g/mol. The Morgan fingerprint density at radius 1 is 1.08 bits per heavy atom. The molecule has 1 saturated heterocycles. The van der Waals surface area contributed by atoms with Crippen molar-refractivity contribution in [2.75, 3.05) is 4.90 Å². The number of sulfonamides is 1. The van der Waals surface area contributed by atoms with Crippen molar-refractivity contribution in [3.63, 3.8) is 0 Å². The lowest BCUT2D eigenvalue weighted by Crippen LogP contribution is -2.47. The minimum absolute atomic E-state index is 0.0124. The van der Waals surface area contributed by atoms with Crippen molar-refractivity contribution in [3.8, 4) is 0 Å². The molecule has 0 bridgehead atoms. The number of carbonyl (C=O) groups excluding carboxylic acids is 3. The van der Waals surface area contributed by atoms with Gasteiger partial charge in [0.05, 0.1) is 17.0 Å². The topological polar surface area (TPSA) is 118 Å². The minimum atomic E-state index is -3.85. The quantitative estimate of drug-likeness (QED) is 0.744. The highest BCUT2D eigenvalue weighted by Gasteiger charge is 2.51. The number of carbonyl (C=O) groups is 3. The number of anilines is 1. The summed E-state index contributed by atoms with van der Waals surface area (Å²) in [6.07, 6.45) is 3.37. The molecule has 2 aliphatic carbocycles. The van der Waals surface area contributed by atoms with Gasteiger partial charge in [-0.15, -0.1) is 0 Å². The summed E-state index contributed by atoms with van der Waals surface area (Å²) in [4.78, 5) is 40.5. The van der Waals surface area contributed by atoms with E-state index >= 15 is 0 Å². The molecule has 0 spiro atoms. The molecule has 1 unspecified atom stereocenters. The van der Waals surface area contributed by atoms with Crippen molar-refractivity contribution < 1.29 is 22.8 Å². The van der Waals surface area contributed by atoms with Crippen molar-refractivity contribution in [2.45, 2.75) is 49.1 Å². The zero-order valence-corrected chi connectivity index (χ0v) is 14.8. The zero-order valence-electron chi connectivity index (χ0n) is 14.0. The number of amides is 3. The van der Waals surface area contributed by atoms with E-state index in [4.69, 9.17) is 5.14 Å². The first-order chi connectivity index (χ1) is 12.3. The van der Waals surface area contributed by atoms with E-state index in [2.05, 4.69) is 0 Å². The van der Waals surface area contributed by atoms with Crippen LogP contribution in [0.2, 0.25) is 0 Å². The van der Waals surface area contributed by atoms with Crippen LogP contribution in [0.15, 0.2) is 29.2 Å². The largest absolute Gasteiger partial charge is 0.327 e. The molecular formula is C17H19N3O5S. The third-order valence-corrected chi connectivity index (χ3v) is 5.93. The maximum absolute atomic E-state index is 12.9. The van der Waals surface area contributed by atoms with Crippen LogP contribution in [0.4, 0.5) is 5.69 Å². The van der Waals surface area contributed by atoms with Crippen LogP contribution in [0.3, 0.4) is 0 Å². The highest BCUT2D eigenvalue weighted by atomic mass is 32.2. The Bertz CT molecular complexity index is 887. The van der Waals surface area contributed by atoms with Gasteiger partial charge in [-0.05, 0) is 49.9 Å². The van der Waals surface area contributed by atoms with Crippen molar-refractivity contribution in [2.24, 2.45) is 11.1 Å². The number of nitrogens with zero attached hydrogens (tertiary/aromatic N) is 2. The molecule has 3 amide bonds. The van der Waals surface area contributed by atoms with Gasteiger partial charge in [-0.3, -0.25) is 14.4 Å². The molecule has 8 nitrogen and oxygen atoms in total. The average Bonchev–Trinajstić information content (AvgIpc) is 3.46. The van der Waals surface area contributed by atoms with E-state index in [-0.39, 0.29) is 34.9 Å². The van der Waals surface area contributed by atoms with E-state index in [1.807, 2.05) is 0 Å². The van der Waals surface area contributed by atoms with Crippen LogP contribution in [-0.2, 0) is 24.4 Å². The molecule has 1 aromatic rings. The standard InChI is InChI=1S/C17H19N3O5S/c18-26(24,25)13-7-5-12(6-8-13)20-15(21)9-14(17(20)23)19(11-3-4-11)16(22)10-1-2-10/h5-8,10-11,14H,1-4,9H2,(H2,18,24,25). The summed E-state index contributed by atoms with van der Waals surface area (Å²) in [5.41, 5.74) is 0.282. The number of benzene rings is 1. The summed E-state index contributed by atoms with van der Waals surface area (Å²) in [5.74, 6) is -0.858. The molecular weight excluding hydrogens is 358 g/mol. The Morgan fingerprint density at radius 3 is 2.19 bits per heavy atom. The van der Waals surface area contributed by atoms with Crippen LogP contribution in [0, 0.1) is 5.92 Å². The summed E-state index contributed by atoms with van der Waals surface area (Å²) in [7, 11) is -3.85. The number of imide groups is 1. The number of rotatable bonds is 5. The second-order valence-corrected chi connectivity index (χ2v) is 8.64. The normalized spacial score (nSPS) is 23.4. The van der Waals surface area contributed by atoms with Gasteiger partial charge in [0.15, 0.2) is 0 Å². The number of primary sulfonamides is 1. The van der Waals surface area contributed by atoms with Gasteiger partial charge in [0.2, 0.25) is 21.8 Å². The van der Waals surface area contributed by atoms with E-state index in [0.717, 1.165) is 30.6 Å². The van der Waals surface area contributed by atoms with Crippen molar-refractivity contribution in [1.29, 1.82) is 0 Å². The van der Waals surface area contributed by atoms with E-state index < -0.39 is 27.9 Å². The third-order valence-electron chi connectivity index (χ3n) is 5.00. The molecule has 0 radical (unpaired) electrons. The van der Waals surface area contributed by atoms with E-state index in [1.165, 1.54) is 24.3 Å². The molecule has 4 rings (SSSR count). The van der Waals surface area contributed by atoms with Gasteiger partial charge >= 0.3 is 0 Å². The molecule has 0 aromatic heterocycles. The van der Waals surface area contributed by atoms with Crippen molar-refractivity contribution in [1.82, 2.24) is 4.90 Å². The summed E-state index contributed by atoms with van der Waals surface area (Å²) < 4.78 is 22.7. The number of hydrogen-bond donors (Lipinski definition) is 1. The van der Waals surface area contributed by atoms with Gasteiger partial charge in [-0.1, -0.05) is 0 Å². The predicted octanol–water partition coefficient (Wildman–Crippen LogP) is 0.367. The fourth-order valence-corrected chi connectivity index (χ4v) is 3.89. The maximum atomic E-state index is 12.9. The molecule has 2 saturated carbocycles. The summed E-state index contributed by atoms with van der Waals surface area (Å²) >= 11 is 0. The minimum Gasteiger partial charge on any atom is -0.327 e. The van der Waals surface area contributed by atoms with Crippen LogP contribution in [-0.4, -0.2) is 43.1 Å². The predicted molar refractivity (Wildman–Crippen MR) is 91.3 cm³/mol. The number of hydrogen-bond acceptors (Lipinski definition) is 5. The third kappa shape index (κ3) is 3.01. The fourth-order valence-electron chi connectivity index (χ4n) is 3.37. The lowest BCUT2D eigenvalue weighted by Gasteiger charge is -2.27. The van der Waals surface area contributed by atoms with Crippen molar-refractivity contribution in [3.05, 3.63) is 24.3 Å². The van der Waals surface area contributed by atoms with Gasteiger partial charge in [0.1, 0.15) is 6.04 Å². The highest BCUT2D eigenvalue weighted by molar-refractivity contribution is 7.89. The maximum Gasteiger partial charge on any atom is 0.257 e. The molecule has 1 aromatic carbocycles. The van der Waals surface area contributed by atoms with Crippen LogP contribution in [0.5, 0.6) is 0 Å². The summed E-state index contributed by atoms with van der Waals surface area (Å²) in [5, 5.41) is 5.07. The van der Waals surface area contributed by atoms with Gasteiger partial charge in [-0.25, -0.2) is 18.5 Å². The molecule has 9 heteroatoms. The first kappa shape index (κ1) is 17.2. The van der Waals surface area contributed by atoms with E-state index in [0.29, 0.717) is 0 Å². The monoisotopic (exact) mass is 377 g/mol. The summed E-state index contributed by atoms with van der Waals surface area (Å²) in [6.45, 7) is 0. The van der Waals surface area contributed by atoms with Crippen LogP contribution < -0.4 is 10.0 Å². The molecule has 1 aliphatic heterocycles. The second kappa shape index (κ2) is 5.88. The second-order valence-electron chi connectivity index (χ2n) is 7.08. The van der Waals surface area contributed by atoms with Crippen LogP contribution >= 0.6 is 0 Å². The lowest BCUT2D eigenvalue weighted by molar-refractivity contribution is -0.140. The molecule has 2 N–H and O–H groups in total. The molecule has 1 atom stereocenters. The first-order valence-electron chi connectivity index (χ1n) is 8.59. The Hall–Kier alpha value is -2.26. The summed E-state index contributed by atoms with van der Waals surface area (Å²) in [6, 6.07) is 4.55.